The summed E-state index contributed by atoms with van der Waals surface area (Å²) in [5.41, 5.74) is -0.421. The van der Waals surface area contributed by atoms with E-state index in [0.29, 0.717) is 5.76 Å². The van der Waals surface area contributed by atoms with E-state index < -0.39 is 23.4 Å². The second-order valence-corrected chi connectivity index (χ2v) is 4.58. The molecule has 1 amide bonds. The van der Waals surface area contributed by atoms with Crippen molar-refractivity contribution in [2.75, 3.05) is 13.7 Å². The molecule has 0 atom stereocenters. The predicted molar refractivity (Wildman–Crippen MR) is 80.5 cm³/mol. The number of carbonyl (C=O) groups is 2. The Hall–Kier alpha value is -3.36. The van der Waals surface area contributed by atoms with Crippen LogP contribution in [0, 0.1) is 10.1 Å². The fourth-order valence-electron chi connectivity index (χ4n) is 1.82. The van der Waals surface area contributed by atoms with Gasteiger partial charge in [0.1, 0.15) is 5.76 Å². The number of hydrogen-bond donors (Lipinski definition) is 1. The van der Waals surface area contributed by atoms with Crippen LogP contribution in [0.3, 0.4) is 0 Å². The van der Waals surface area contributed by atoms with Crippen molar-refractivity contribution in [2.45, 2.75) is 6.54 Å². The van der Waals surface area contributed by atoms with Gasteiger partial charge in [-0.15, -0.1) is 0 Å². The first-order chi connectivity index (χ1) is 11.5. The molecule has 1 N–H and O–H groups in total. The SMILES string of the molecule is COc1ccc(C(=O)OCC(=O)NCc2ccco2)cc1[N+](=O)[O-]. The fraction of sp³-hybridized carbons (Fsp3) is 0.200. The number of hydrogen-bond acceptors (Lipinski definition) is 7. The average Bonchev–Trinajstić information content (AvgIpc) is 3.10. The van der Waals surface area contributed by atoms with Crippen molar-refractivity contribution >= 4 is 17.6 Å². The van der Waals surface area contributed by atoms with E-state index in [2.05, 4.69) is 5.32 Å². The maximum atomic E-state index is 11.9. The van der Waals surface area contributed by atoms with Crippen LogP contribution in [0.2, 0.25) is 0 Å². The second-order valence-electron chi connectivity index (χ2n) is 4.58. The van der Waals surface area contributed by atoms with E-state index >= 15 is 0 Å². The summed E-state index contributed by atoms with van der Waals surface area (Å²) >= 11 is 0. The van der Waals surface area contributed by atoms with Crippen LogP contribution in [0.1, 0.15) is 16.1 Å². The van der Waals surface area contributed by atoms with E-state index in [1.165, 1.54) is 25.5 Å². The molecule has 0 unspecified atom stereocenters. The minimum Gasteiger partial charge on any atom is -0.490 e. The Balaban J connectivity index is 1.91. The number of nitrogens with one attached hydrogen (secondary N) is 1. The molecule has 0 bridgehead atoms. The number of nitro groups is 1. The van der Waals surface area contributed by atoms with Crippen molar-refractivity contribution in [3.63, 3.8) is 0 Å². The van der Waals surface area contributed by atoms with Crippen LogP contribution in [0.25, 0.3) is 0 Å². The van der Waals surface area contributed by atoms with Gasteiger partial charge >= 0.3 is 11.7 Å². The Morgan fingerprint density at radius 3 is 2.75 bits per heavy atom. The van der Waals surface area contributed by atoms with Crippen LogP contribution in [-0.4, -0.2) is 30.5 Å². The molecule has 0 aliphatic heterocycles. The normalized spacial score (nSPS) is 10.0. The molecule has 1 heterocycles. The summed E-state index contributed by atoms with van der Waals surface area (Å²) in [6.45, 7) is -0.350. The molecule has 126 valence electrons. The summed E-state index contributed by atoms with van der Waals surface area (Å²) in [5, 5.41) is 13.4. The van der Waals surface area contributed by atoms with Gasteiger partial charge < -0.3 is 19.2 Å². The van der Waals surface area contributed by atoms with Crippen LogP contribution in [0.15, 0.2) is 41.0 Å². The molecule has 24 heavy (non-hydrogen) atoms. The quantitative estimate of drug-likeness (QED) is 0.464. The van der Waals surface area contributed by atoms with Gasteiger partial charge in [-0.25, -0.2) is 4.79 Å². The molecule has 0 aliphatic carbocycles. The van der Waals surface area contributed by atoms with Gasteiger partial charge in [-0.3, -0.25) is 14.9 Å². The number of carbonyl (C=O) groups excluding carboxylic acids is 2. The Bertz CT molecular complexity index is 740. The molecule has 0 spiro atoms. The summed E-state index contributed by atoms with van der Waals surface area (Å²) < 4.78 is 14.7. The van der Waals surface area contributed by atoms with Gasteiger partial charge in [0.05, 0.1) is 30.4 Å². The van der Waals surface area contributed by atoms with Crippen LogP contribution < -0.4 is 10.1 Å². The molecule has 0 fully saturated rings. The largest absolute Gasteiger partial charge is 0.490 e. The van der Waals surface area contributed by atoms with Gasteiger partial charge in [0, 0.05) is 6.07 Å². The number of nitro benzene ring substituents is 1. The number of ether oxygens (including phenoxy) is 2. The average molecular weight is 334 g/mol. The topological polar surface area (TPSA) is 121 Å². The summed E-state index contributed by atoms with van der Waals surface area (Å²) in [4.78, 5) is 33.7. The van der Waals surface area contributed by atoms with Crippen LogP contribution in [0.4, 0.5) is 5.69 Å². The van der Waals surface area contributed by atoms with Crippen LogP contribution in [0.5, 0.6) is 5.75 Å². The standard InChI is InChI=1S/C15H14N2O7/c1-22-13-5-4-10(7-12(13)17(20)21)15(19)24-9-14(18)16-8-11-3-2-6-23-11/h2-7H,8-9H2,1H3,(H,16,18). The molecule has 0 saturated carbocycles. The number of amides is 1. The lowest BCUT2D eigenvalue weighted by atomic mass is 10.2. The van der Waals surface area contributed by atoms with Gasteiger partial charge in [-0.05, 0) is 24.3 Å². The first kappa shape index (κ1) is 17.0. The maximum absolute atomic E-state index is 11.9. The van der Waals surface area contributed by atoms with Gasteiger partial charge in [0.2, 0.25) is 0 Å². The monoisotopic (exact) mass is 334 g/mol. The van der Waals surface area contributed by atoms with E-state index in [4.69, 9.17) is 13.9 Å². The zero-order valence-electron chi connectivity index (χ0n) is 12.7. The van der Waals surface area contributed by atoms with Crippen molar-refractivity contribution < 1.29 is 28.4 Å². The number of nitrogens with zero attached hydrogens (tertiary/aromatic N) is 1. The Morgan fingerprint density at radius 2 is 2.12 bits per heavy atom. The van der Waals surface area contributed by atoms with Crippen molar-refractivity contribution in [1.29, 1.82) is 0 Å². The molecule has 0 radical (unpaired) electrons. The lowest BCUT2D eigenvalue weighted by Crippen LogP contribution is -2.28. The third-order valence-electron chi connectivity index (χ3n) is 2.99. The number of benzene rings is 1. The minimum absolute atomic E-state index is 0.0211. The highest BCUT2D eigenvalue weighted by molar-refractivity contribution is 5.92. The molecule has 1 aromatic heterocycles. The molecule has 0 aliphatic rings. The summed E-state index contributed by atoms with van der Waals surface area (Å²) in [5.74, 6) is -0.801. The molecule has 0 saturated heterocycles. The zero-order chi connectivity index (χ0) is 17.5. The highest BCUT2D eigenvalue weighted by Gasteiger charge is 2.19. The first-order valence-electron chi connectivity index (χ1n) is 6.80. The lowest BCUT2D eigenvalue weighted by molar-refractivity contribution is -0.385. The van der Waals surface area contributed by atoms with Crippen molar-refractivity contribution in [2.24, 2.45) is 0 Å². The third kappa shape index (κ3) is 4.32. The molecular formula is C15H14N2O7. The predicted octanol–water partition coefficient (Wildman–Crippen LogP) is 1.67. The summed E-state index contributed by atoms with van der Waals surface area (Å²) in [7, 11) is 1.28. The summed E-state index contributed by atoms with van der Waals surface area (Å²) in [6.07, 6.45) is 1.47. The molecular weight excluding hydrogens is 320 g/mol. The molecule has 2 aromatic rings. The minimum atomic E-state index is -0.853. The molecule has 9 heteroatoms. The summed E-state index contributed by atoms with van der Waals surface area (Å²) in [6, 6.07) is 6.99. The highest BCUT2D eigenvalue weighted by atomic mass is 16.6. The fourth-order valence-corrected chi connectivity index (χ4v) is 1.82. The third-order valence-corrected chi connectivity index (χ3v) is 2.99. The van der Waals surface area contributed by atoms with Crippen molar-refractivity contribution in [3.8, 4) is 5.75 Å². The van der Waals surface area contributed by atoms with E-state index in [1.807, 2.05) is 0 Å². The number of rotatable bonds is 7. The van der Waals surface area contributed by atoms with Gasteiger partial charge in [-0.2, -0.15) is 0 Å². The maximum Gasteiger partial charge on any atom is 0.338 e. The van der Waals surface area contributed by atoms with E-state index in [1.54, 1.807) is 12.1 Å². The zero-order valence-corrected chi connectivity index (χ0v) is 12.7. The molecule has 1 aromatic carbocycles. The van der Waals surface area contributed by atoms with Crippen molar-refractivity contribution in [3.05, 3.63) is 58.0 Å². The smallest absolute Gasteiger partial charge is 0.338 e. The molecule has 2 rings (SSSR count). The highest BCUT2D eigenvalue weighted by Crippen LogP contribution is 2.27. The lowest BCUT2D eigenvalue weighted by Gasteiger charge is -2.07. The van der Waals surface area contributed by atoms with Crippen LogP contribution >= 0.6 is 0 Å². The number of methoxy groups -OCH3 is 1. The first-order valence-corrected chi connectivity index (χ1v) is 6.80. The van der Waals surface area contributed by atoms with Crippen molar-refractivity contribution in [1.82, 2.24) is 5.32 Å². The van der Waals surface area contributed by atoms with Gasteiger partial charge in [0.25, 0.3) is 5.91 Å². The van der Waals surface area contributed by atoms with E-state index in [-0.39, 0.29) is 23.5 Å². The van der Waals surface area contributed by atoms with E-state index in [9.17, 15) is 19.7 Å². The van der Waals surface area contributed by atoms with E-state index in [0.717, 1.165) is 6.07 Å². The second kappa shape index (κ2) is 7.77. The van der Waals surface area contributed by atoms with Gasteiger partial charge in [-0.1, -0.05) is 0 Å². The Morgan fingerprint density at radius 1 is 1.33 bits per heavy atom. The molecule has 9 nitrogen and oxygen atoms in total. The number of esters is 1. The van der Waals surface area contributed by atoms with Crippen LogP contribution in [-0.2, 0) is 16.1 Å². The Kier molecular flexibility index (Phi) is 5.50. The van der Waals surface area contributed by atoms with Gasteiger partial charge in [0.15, 0.2) is 12.4 Å². The number of furan rings is 1. The Labute approximate surface area is 136 Å².